The van der Waals surface area contributed by atoms with Gasteiger partial charge in [-0.3, -0.25) is 9.78 Å². The van der Waals surface area contributed by atoms with Gasteiger partial charge in [-0.2, -0.15) is 5.10 Å². The van der Waals surface area contributed by atoms with Gasteiger partial charge in [-0.05, 0) is 32.0 Å². The summed E-state index contributed by atoms with van der Waals surface area (Å²) in [5, 5.41) is 4.90. The summed E-state index contributed by atoms with van der Waals surface area (Å²) < 4.78 is 1.64. The molecule has 0 atom stereocenters. The van der Waals surface area contributed by atoms with E-state index in [0.29, 0.717) is 16.9 Å². The molecule has 0 aliphatic rings. The number of nitrogens with one attached hydrogen (secondary N) is 1. The van der Waals surface area contributed by atoms with Gasteiger partial charge in [0.15, 0.2) is 0 Å². The maximum atomic E-state index is 12.0. The third-order valence-electron chi connectivity index (χ3n) is 2.81. The molecule has 5 nitrogen and oxygen atoms in total. The zero-order chi connectivity index (χ0) is 12.7. The lowest BCUT2D eigenvalue weighted by molar-refractivity contribution is 0.775. The minimum Gasteiger partial charge on any atom is -0.290 e. The minimum atomic E-state index is -0.150. The summed E-state index contributed by atoms with van der Waals surface area (Å²) in [5.74, 6) is 0.448. The third-order valence-corrected chi connectivity index (χ3v) is 2.81. The van der Waals surface area contributed by atoms with Crippen LogP contribution in [0.4, 0.5) is 0 Å². The molecule has 3 rings (SSSR count). The lowest BCUT2D eigenvalue weighted by Crippen LogP contribution is -2.14. The van der Waals surface area contributed by atoms with E-state index in [0.717, 1.165) is 11.4 Å². The normalized spacial score (nSPS) is 11.0. The van der Waals surface area contributed by atoms with Gasteiger partial charge >= 0.3 is 0 Å². The number of rotatable bonds is 1. The van der Waals surface area contributed by atoms with Crippen molar-refractivity contribution in [1.29, 1.82) is 0 Å². The van der Waals surface area contributed by atoms with Crippen molar-refractivity contribution in [3.63, 3.8) is 0 Å². The SMILES string of the molecule is Cc1cc(C)n(-c2nc3ccccc3c(=O)[nH]2)n1. The molecule has 1 aromatic carbocycles. The molecule has 0 amide bonds. The fraction of sp³-hybridized carbons (Fsp3) is 0.154. The second kappa shape index (κ2) is 3.80. The minimum absolute atomic E-state index is 0.150. The van der Waals surface area contributed by atoms with Gasteiger partial charge in [-0.1, -0.05) is 12.1 Å². The van der Waals surface area contributed by atoms with Crippen molar-refractivity contribution < 1.29 is 0 Å². The molecular weight excluding hydrogens is 228 g/mol. The van der Waals surface area contributed by atoms with Crippen molar-refractivity contribution in [1.82, 2.24) is 19.7 Å². The standard InChI is InChI=1S/C13H12N4O/c1-8-7-9(2)17(16-8)13-14-11-6-4-3-5-10(11)12(18)15-13/h3-7H,1-2H3,(H,14,15,18). The molecule has 90 valence electrons. The fourth-order valence-electron chi connectivity index (χ4n) is 2.02. The van der Waals surface area contributed by atoms with E-state index < -0.39 is 0 Å². The first-order valence-electron chi connectivity index (χ1n) is 5.68. The van der Waals surface area contributed by atoms with Crippen molar-refractivity contribution in [2.45, 2.75) is 13.8 Å². The third kappa shape index (κ3) is 1.60. The molecule has 0 radical (unpaired) electrons. The molecule has 0 aliphatic heterocycles. The number of fused-ring (bicyclic) bond motifs is 1. The predicted molar refractivity (Wildman–Crippen MR) is 69.0 cm³/mol. The first-order valence-corrected chi connectivity index (χ1v) is 5.68. The summed E-state index contributed by atoms with van der Waals surface area (Å²) in [4.78, 5) is 19.1. The van der Waals surface area contributed by atoms with Gasteiger partial charge in [-0.15, -0.1) is 0 Å². The molecule has 1 N–H and O–H groups in total. The number of nitrogens with zero attached hydrogens (tertiary/aromatic N) is 3. The molecule has 0 fully saturated rings. The van der Waals surface area contributed by atoms with E-state index in [2.05, 4.69) is 15.1 Å². The van der Waals surface area contributed by atoms with Crippen LogP contribution in [-0.2, 0) is 0 Å². The van der Waals surface area contributed by atoms with Gasteiger partial charge in [0.25, 0.3) is 5.56 Å². The van der Waals surface area contributed by atoms with E-state index >= 15 is 0 Å². The summed E-state index contributed by atoms with van der Waals surface area (Å²) >= 11 is 0. The van der Waals surface area contributed by atoms with Crippen LogP contribution in [0.2, 0.25) is 0 Å². The van der Waals surface area contributed by atoms with Crippen LogP contribution < -0.4 is 5.56 Å². The van der Waals surface area contributed by atoms with E-state index in [9.17, 15) is 4.79 Å². The first kappa shape index (κ1) is 10.7. The average molecular weight is 240 g/mol. The maximum absolute atomic E-state index is 12.0. The van der Waals surface area contributed by atoms with Gasteiger partial charge in [0, 0.05) is 5.69 Å². The number of hydrogen-bond donors (Lipinski definition) is 1. The summed E-state index contributed by atoms with van der Waals surface area (Å²) in [6.45, 7) is 3.83. The van der Waals surface area contributed by atoms with Gasteiger partial charge in [0.2, 0.25) is 5.95 Å². The Balaban J connectivity index is 2.31. The van der Waals surface area contributed by atoms with E-state index in [1.54, 1.807) is 10.7 Å². The number of aryl methyl sites for hydroxylation is 2. The number of aromatic nitrogens is 4. The summed E-state index contributed by atoms with van der Waals surface area (Å²) in [6.07, 6.45) is 0. The molecular formula is C13H12N4O. The van der Waals surface area contributed by atoms with Crippen LogP contribution in [0.1, 0.15) is 11.4 Å². The van der Waals surface area contributed by atoms with Crippen LogP contribution in [0.25, 0.3) is 16.9 Å². The predicted octanol–water partition coefficient (Wildman–Crippen LogP) is 1.73. The molecule has 0 unspecified atom stereocenters. The van der Waals surface area contributed by atoms with Crippen LogP contribution in [0.5, 0.6) is 0 Å². The first-order chi connectivity index (χ1) is 8.65. The summed E-state index contributed by atoms with van der Waals surface area (Å²) in [5.41, 5.74) is 2.35. The summed E-state index contributed by atoms with van der Waals surface area (Å²) in [6, 6.07) is 9.20. The number of benzene rings is 1. The Morgan fingerprint density at radius 2 is 2.00 bits per heavy atom. The highest BCUT2D eigenvalue weighted by Gasteiger charge is 2.08. The number of aromatic amines is 1. The van der Waals surface area contributed by atoms with E-state index in [1.165, 1.54) is 0 Å². The second-order valence-corrected chi connectivity index (χ2v) is 4.25. The van der Waals surface area contributed by atoms with Crippen molar-refractivity contribution >= 4 is 10.9 Å². The molecule has 0 spiro atoms. The molecule has 0 aliphatic carbocycles. The van der Waals surface area contributed by atoms with Gasteiger partial charge in [0.1, 0.15) is 0 Å². The van der Waals surface area contributed by atoms with Crippen LogP contribution >= 0.6 is 0 Å². The van der Waals surface area contributed by atoms with Gasteiger partial charge in [-0.25, -0.2) is 9.67 Å². The molecule has 3 aromatic rings. The number of H-pyrrole nitrogens is 1. The Bertz CT molecular complexity index is 785. The lowest BCUT2D eigenvalue weighted by Gasteiger charge is -2.04. The van der Waals surface area contributed by atoms with Crippen LogP contribution in [-0.4, -0.2) is 19.7 Å². The highest BCUT2D eigenvalue weighted by Crippen LogP contribution is 2.10. The monoisotopic (exact) mass is 240 g/mol. The van der Waals surface area contributed by atoms with Crippen LogP contribution in [0, 0.1) is 13.8 Å². The molecule has 5 heteroatoms. The molecule has 0 saturated carbocycles. The average Bonchev–Trinajstić information content (AvgIpc) is 2.68. The Hall–Kier alpha value is -2.43. The highest BCUT2D eigenvalue weighted by molar-refractivity contribution is 5.77. The largest absolute Gasteiger partial charge is 0.290 e. The van der Waals surface area contributed by atoms with Crippen molar-refractivity contribution in [3.05, 3.63) is 52.1 Å². The molecule has 18 heavy (non-hydrogen) atoms. The second-order valence-electron chi connectivity index (χ2n) is 4.25. The van der Waals surface area contributed by atoms with Gasteiger partial charge < -0.3 is 0 Å². The van der Waals surface area contributed by atoms with Crippen molar-refractivity contribution in [2.75, 3.05) is 0 Å². The Kier molecular flexibility index (Phi) is 2.26. The fourth-order valence-corrected chi connectivity index (χ4v) is 2.02. The Morgan fingerprint density at radius 1 is 1.22 bits per heavy atom. The smallest absolute Gasteiger partial charge is 0.260 e. The van der Waals surface area contributed by atoms with Crippen molar-refractivity contribution in [2.24, 2.45) is 0 Å². The lowest BCUT2D eigenvalue weighted by atomic mass is 10.2. The van der Waals surface area contributed by atoms with Gasteiger partial charge in [0.05, 0.1) is 16.6 Å². The summed E-state index contributed by atoms with van der Waals surface area (Å²) in [7, 11) is 0. The number of hydrogen-bond acceptors (Lipinski definition) is 3. The number of para-hydroxylation sites is 1. The van der Waals surface area contributed by atoms with Crippen molar-refractivity contribution in [3.8, 4) is 5.95 Å². The highest BCUT2D eigenvalue weighted by atomic mass is 16.1. The molecule has 0 saturated heterocycles. The van der Waals surface area contributed by atoms with Crippen LogP contribution in [0.3, 0.4) is 0 Å². The zero-order valence-corrected chi connectivity index (χ0v) is 10.1. The van der Waals surface area contributed by atoms with E-state index in [4.69, 9.17) is 0 Å². The topological polar surface area (TPSA) is 63.6 Å². The quantitative estimate of drug-likeness (QED) is 0.704. The zero-order valence-electron chi connectivity index (χ0n) is 10.1. The maximum Gasteiger partial charge on any atom is 0.260 e. The van der Waals surface area contributed by atoms with E-state index in [1.807, 2.05) is 38.1 Å². The van der Waals surface area contributed by atoms with Crippen LogP contribution in [0.15, 0.2) is 35.1 Å². The van der Waals surface area contributed by atoms with E-state index in [-0.39, 0.29) is 5.56 Å². The molecule has 2 aromatic heterocycles. The Morgan fingerprint density at radius 3 is 2.72 bits per heavy atom. The molecule has 2 heterocycles. The molecule has 0 bridgehead atoms. The Labute approximate surface area is 103 Å².